The van der Waals surface area contributed by atoms with Crippen LogP contribution in [-0.2, 0) is 9.53 Å². The summed E-state index contributed by atoms with van der Waals surface area (Å²) in [5.74, 6) is -1.43. The molecule has 1 fully saturated rings. The standard InChI is InChI=1S/C15H16N2O4/c18-13(12-9-10-3-1-2-4-11(10)16-12)17-15(14(19)20)5-7-21-8-6-15/h1-4,9,16H,5-8H2,(H,17,18)(H,19,20). The number of nitrogens with one attached hydrogen (secondary N) is 2. The van der Waals surface area contributed by atoms with Crippen LogP contribution >= 0.6 is 0 Å². The summed E-state index contributed by atoms with van der Waals surface area (Å²) in [6.07, 6.45) is 0.544. The molecular weight excluding hydrogens is 272 g/mol. The summed E-state index contributed by atoms with van der Waals surface area (Å²) in [6.45, 7) is 0.665. The van der Waals surface area contributed by atoms with Crippen molar-refractivity contribution in [2.75, 3.05) is 13.2 Å². The number of benzene rings is 1. The number of aromatic amines is 1. The normalized spacial score (nSPS) is 17.5. The van der Waals surface area contributed by atoms with Gasteiger partial charge in [-0.3, -0.25) is 4.79 Å². The highest BCUT2D eigenvalue weighted by atomic mass is 16.5. The van der Waals surface area contributed by atoms with Crippen molar-refractivity contribution in [2.24, 2.45) is 0 Å². The van der Waals surface area contributed by atoms with E-state index in [0.717, 1.165) is 10.9 Å². The topological polar surface area (TPSA) is 91.4 Å². The Morgan fingerprint density at radius 2 is 1.95 bits per heavy atom. The first-order valence-electron chi connectivity index (χ1n) is 6.82. The van der Waals surface area contributed by atoms with Crippen LogP contribution in [0, 0.1) is 0 Å². The molecule has 6 heteroatoms. The van der Waals surface area contributed by atoms with Gasteiger partial charge in [0.1, 0.15) is 11.2 Å². The van der Waals surface area contributed by atoms with E-state index in [0.29, 0.717) is 18.9 Å². The minimum Gasteiger partial charge on any atom is -0.480 e. The Balaban J connectivity index is 1.85. The summed E-state index contributed by atoms with van der Waals surface area (Å²) in [7, 11) is 0. The van der Waals surface area contributed by atoms with Crippen LogP contribution in [0.3, 0.4) is 0 Å². The quantitative estimate of drug-likeness (QED) is 0.798. The van der Waals surface area contributed by atoms with E-state index >= 15 is 0 Å². The Morgan fingerprint density at radius 1 is 1.24 bits per heavy atom. The minimum absolute atomic E-state index is 0.272. The van der Waals surface area contributed by atoms with E-state index in [1.54, 1.807) is 6.07 Å². The van der Waals surface area contributed by atoms with Gasteiger partial charge in [-0.15, -0.1) is 0 Å². The number of carbonyl (C=O) groups is 2. The molecule has 1 amide bonds. The number of aliphatic carboxylic acids is 1. The molecule has 0 bridgehead atoms. The number of carboxylic acid groups (broad SMARTS) is 1. The maximum Gasteiger partial charge on any atom is 0.329 e. The van der Waals surface area contributed by atoms with E-state index in [4.69, 9.17) is 4.74 Å². The number of ether oxygens (including phenoxy) is 1. The van der Waals surface area contributed by atoms with Crippen LogP contribution in [0.5, 0.6) is 0 Å². The van der Waals surface area contributed by atoms with Gasteiger partial charge in [0.25, 0.3) is 5.91 Å². The van der Waals surface area contributed by atoms with Crippen molar-refractivity contribution < 1.29 is 19.4 Å². The first-order chi connectivity index (χ1) is 10.1. The highest BCUT2D eigenvalue weighted by Gasteiger charge is 2.41. The zero-order valence-corrected chi connectivity index (χ0v) is 11.4. The number of hydrogen-bond donors (Lipinski definition) is 3. The maximum atomic E-state index is 12.3. The smallest absolute Gasteiger partial charge is 0.329 e. The Morgan fingerprint density at radius 3 is 2.62 bits per heavy atom. The third-order valence-electron chi connectivity index (χ3n) is 3.88. The second kappa shape index (κ2) is 5.21. The van der Waals surface area contributed by atoms with Crippen LogP contribution in [0.4, 0.5) is 0 Å². The summed E-state index contributed by atoms with van der Waals surface area (Å²) in [6, 6.07) is 9.24. The van der Waals surface area contributed by atoms with E-state index in [1.165, 1.54) is 0 Å². The van der Waals surface area contributed by atoms with Crippen LogP contribution < -0.4 is 5.32 Å². The van der Waals surface area contributed by atoms with E-state index in [2.05, 4.69) is 10.3 Å². The van der Waals surface area contributed by atoms with E-state index in [-0.39, 0.29) is 12.8 Å². The molecule has 0 atom stereocenters. The van der Waals surface area contributed by atoms with Gasteiger partial charge in [-0.25, -0.2) is 4.79 Å². The predicted octanol–water partition coefficient (Wildman–Crippen LogP) is 1.53. The summed E-state index contributed by atoms with van der Waals surface area (Å²) >= 11 is 0. The molecular formula is C15H16N2O4. The van der Waals surface area contributed by atoms with Gasteiger partial charge in [0.2, 0.25) is 0 Å². The van der Waals surface area contributed by atoms with Crippen molar-refractivity contribution in [3.8, 4) is 0 Å². The number of amides is 1. The average molecular weight is 288 g/mol. The summed E-state index contributed by atoms with van der Waals surface area (Å²) in [5, 5.41) is 13.0. The number of H-pyrrole nitrogens is 1. The lowest BCUT2D eigenvalue weighted by Gasteiger charge is -2.33. The fraction of sp³-hybridized carbons (Fsp3) is 0.333. The van der Waals surface area contributed by atoms with Crippen molar-refractivity contribution in [3.63, 3.8) is 0 Å². The summed E-state index contributed by atoms with van der Waals surface area (Å²) in [5.41, 5.74) is -0.0329. The molecule has 1 aliphatic heterocycles. The van der Waals surface area contributed by atoms with E-state index in [1.807, 2.05) is 24.3 Å². The molecule has 6 nitrogen and oxygen atoms in total. The number of hydrogen-bond acceptors (Lipinski definition) is 3. The van der Waals surface area contributed by atoms with Gasteiger partial charge in [0.05, 0.1) is 0 Å². The Kier molecular flexibility index (Phi) is 3.39. The largest absolute Gasteiger partial charge is 0.480 e. The lowest BCUT2D eigenvalue weighted by atomic mass is 9.90. The zero-order valence-electron chi connectivity index (χ0n) is 11.4. The van der Waals surface area contributed by atoms with E-state index in [9.17, 15) is 14.7 Å². The molecule has 2 heterocycles. The molecule has 1 saturated heterocycles. The molecule has 110 valence electrons. The molecule has 1 aromatic carbocycles. The third-order valence-corrected chi connectivity index (χ3v) is 3.88. The first-order valence-corrected chi connectivity index (χ1v) is 6.82. The van der Waals surface area contributed by atoms with Crippen molar-refractivity contribution in [1.82, 2.24) is 10.3 Å². The zero-order chi connectivity index (χ0) is 14.9. The van der Waals surface area contributed by atoms with Gasteiger partial charge < -0.3 is 20.1 Å². The monoisotopic (exact) mass is 288 g/mol. The molecule has 3 N–H and O–H groups in total. The number of para-hydroxylation sites is 1. The maximum absolute atomic E-state index is 12.3. The van der Waals surface area contributed by atoms with Crippen LogP contribution in [0.1, 0.15) is 23.3 Å². The lowest BCUT2D eigenvalue weighted by Crippen LogP contribution is -2.57. The fourth-order valence-electron chi connectivity index (χ4n) is 2.59. The molecule has 0 aliphatic carbocycles. The van der Waals surface area contributed by atoms with Gasteiger partial charge in [-0.1, -0.05) is 18.2 Å². The number of fused-ring (bicyclic) bond motifs is 1. The second-order valence-corrected chi connectivity index (χ2v) is 5.22. The number of aromatic nitrogens is 1. The molecule has 0 radical (unpaired) electrons. The van der Waals surface area contributed by atoms with Crippen molar-refractivity contribution in [3.05, 3.63) is 36.0 Å². The van der Waals surface area contributed by atoms with Gasteiger partial charge in [0.15, 0.2) is 0 Å². The molecule has 2 aromatic rings. The Hall–Kier alpha value is -2.34. The van der Waals surface area contributed by atoms with Crippen molar-refractivity contribution in [2.45, 2.75) is 18.4 Å². The SMILES string of the molecule is O=C(NC1(C(=O)O)CCOCC1)c1cc2ccccc2[nH]1. The van der Waals surface area contributed by atoms with Gasteiger partial charge in [-0.05, 0) is 12.1 Å². The number of carboxylic acids is 1. The fourth-order valence-corrected chi connectivity index (χ4v) is 2.59. The molecule has 1 aliphatic rings. The molecule has 1 aromatic heterocycles. The molecule has 0 unspecified atom stereocenters. The van der Waals surface area contributed by atoms with Crippen LogP contribution in [-0.4, -0.2) is 40.7 Å². The van der Waals surface area contributed by atoms with Gasteiger partial charge >= 0.3 is 5.97 Å². The average Bonchev–Trinajstić information content (AvgIpc) is 2.92. The van der Waals surface area contributed by atoms with Crippen molar-refractivity contribution in [1.29, 1.82) is 0 Å². The third kappa shape index (κ3) is 2.50. The Bertz CT molecular complexity index is 653. The Labute approximate surface area is 121 Å². The molecule has 3 rings (SSSR count). The highest BCUT2D eigenvalue weighted by Crippen LogP contribution is 2.22. The summed E-state index contributed by atoms with van der Waals surface area (Å²) < 4.78 is 5.19. The second-order valence-electron chi connectivity index (χ2n) is 5.22. The van der Waals surface area contributed by atoms with Gasteiger partial charge in [0, 0.05) is 37.0 Å². The summed E-state index contributed by atoms with van der Waals surface area (Å²) in [4.78, 5) is 26.9. The lowest BCUT2D eigenvalue weighted by molar-refractivity contribution is -0.148. The predicted molar refractivity (Wildman–Crippen MR) is 76.2 cm³/mol. The first kappa shape index (κ1) is 13.6. The molecule has 0 spiro atoms. The van der Waals surface area contributed by atoms with Crippen LogP contribution in [0.2, 0.25) is 0 Å². The molecule has 21 heavy (non-hydrogen) atoms. The van der Waals surface area contributed by atoms with Crippen molar-refractivity contribution >= 4 is 22.8 Å². The number of carbonyl (C=O) groups excluding carboxylic acids is 1. The highest BCUT2D eigenvalue weighted by molar-refractivity contribution is 6.00. The molecule has 0 saturated carbocycles. The van der Waals surface area contributed by atoms with E-state index < -0.39 is 17.4 Å². The minimum atomic E-state index is -1.24. The van der Waals surface area contributed by atoms with Gasteiger partial charge in [-0.2, -0.15) is 0 Å². The van der Waals surface area contributed by atoms with Crippen LogP contribution in [0.15, 0.2) is 30.3 Å². The number of rotatable bonds is 3. The van der Waals surface area contributed by atoms with Crippen LogP contribution in [0.25, 0.3) is 10.9 Å².